The molecular weight excluding hydrogens is 316 g/mol. The van der Waals surface area contributed by atoms with Gasteiger partial charge >= 0.3 is 0 Å². The van der Waals surface area contributed by atoms with Gasteiger partial charge in [-0.25, -0.2) is 23.1 Å². The zero-order chi connectivity index (χ0) is 16.0. The molecule has 2 heterocycles. The Labute approximate surface area is 136 Å². The molecular formula is C15H22N4O3S. The van der Waals surface area contributed by atoms with Crippen molar-refractivity contribution in [2.45, 2.75) is 55.4 Å². The SMILES string of the molecule is O=S(=O)(NC1CC(c2cc(N3CC[C@H](O)C3)ncn2)C1)C1CC1. The minimum absolute atomic E-state index is 0.0395. The molecule has 8 heteroatoms. The van der Waals surface area contributed by atoms with Crippen LogP contribution in [0.4, 0.5) is 5.82 Å². The number of anilines is 1. The molecule has 1 aromatic heterocycles. The van der Waals surface area contributed by atoms with Crippen molar-refractivity contribution >= 4 is 15.8 Å². The van der Waals surface area contributed by atoms with Crippen LogP contribution >= 0.6 is 0 Å². The standard InChI is InChI=1S/C15H22N4O3S/c20-12-3-4-19(8-12)15-7-14(16-9-17-15)10-5-11(6-10)18-23(21,22)13-1-2-13/h7,9-13,18,20H,1-6,8H2/t10?,11?,12-/m0/s1. The smallest absolute Gasteiger partial charge is 0.214 e. The summed E-state index contributed by atoms with van der Waals surface area (Å²) in [6.45, 7) is 1.43. The Morgan fingerprint density at radius 1 is 1.22 bits per heavy atom. The van der Waals surface area contributed by atoms with E-state index in [1.165, 1.54) is 0 Å². The third-order valence-electron chi connectivity index (χ3n) is 5.01. The number of β-amino-alcohol motifs (C(OH)–C–C–N with tert-alkyl or cyclic N) is 1. The van der Waals surface area contributed by atoms with Crippen LogP contribution in [0.5, 0.6) is 0 Å². The third-order valence-corrected chi connectivity index (χ3v) is 7.02. The fourth-order valence-corrected chi connectivity index (χ4v) is 4.98. The van der Waals surface area contributed by atoms with Gasteiger partial charge in [-0.15, -0.1) is 0 Å². The zero-order valence-corrected chi connectivity index (χ0v) is 13.7. The van der Waals surface area contributed by atoms with Crippen molar-refractivity contribution in [2.24, 2.45) is 0 Å². The number of sulfonamides is 1. The first kappa shape index (κ1) is 15.3. The number of hydrogen-bond acceptors (Lipinski definition) is 6. The van der Waals surface area contributed by atoms with E-state index < -0.39 is 10.0 Å². The molecule has 0 aromatic carbocycles. The van der Waals surface area contributed by atoms with Crippen LogP contribution in [0.1, 0.15) is 43.7 Å². The van der Waals surface area contributed by atoms with Gasteiger partial charge in [-0.1, -0.05) is 0 Å². The summed E-state index contributed by atoms with van der Waals surface area (Å²) in [7, 11) is -3.10. The van der Waals surface area contributed by atoms with Gasteiger partial charge < -0.3 is 10.0 Å². The van der Waals surface area contributed by atoms with E-state index in [-0.39, 0.29) is 23.3 Å². The predicted octanol–water partition coefficient (Wildman–Crippen LogP) is 0.375. The van der Waals surface area contributed by atoms with Crippen LogP contribution in [-0.4, -0.2) is 54.0 Å². The summed E-state index contributed by atoms with van der Waals surface area (Å²) in [5, 5.41) is 9.48. The second-order valence-corrected chi connectivity index (χ2v) is 8.91. The van der Waals surface area contributed by atoms with Gasteiger partial charge in [0.15, 0.2) is 0 Å². The number of nitrogens with one attached hydrogen (secondary N) is 1. The number of aromatic nitrogens is 2. The number of aliphatic hydroxyl groups excluding tert-OH is 1. The lowest BCUT2D eigenvalue weighted by Crippen LogP contribution is -2.44. The molecule has 23 heavy (non-hydrogen) atoms. The summed E-state index contributed by atoms with van der Waals surface area (Å²) < 4.78 is 26.7. The van der Waals surface area contributed by atoms with Crippen molar-refractivity contribution in [3.8, 4) is 0 Å². The second-order valence-electron chi connectivity index (χ2n) is 6.92. The maximum Gasteiger partial charge on any atom is 0.214 e. The van der Waals surface area contributed by atoms with Crippen LogP contribution in [-0.2, 0) is 10.0 Å². The van der Waals surface area contributed by atoms with Crippen molar-refractivity contribution in [3.05, 3.63) is 18.1 Å². The van der Waals surface area contributed by atoms with Gasteiger partial charge in [0.1, 0.15) is 12.1 Å². The van der Waals surface area contributed by atoms with Crippen molar-refractivity contribution in [1.29, 1.82) is 0 Å². The number of hydrogen-bond donors (Lipinski definition) is 2. The Morgan fingerprint density at radius 3 is 2.65 bits per heavy atom. The summed E-state index contributed by atoms with van der Waals surface area (Å²) in [5.74, 6) is 1.14. The quantitative estimate of drug-likeness (QED) is 0.806. The van der Waals surface area contributed by atoms with Gasteiger partial charge in [0.2, 0.25) is 10.0 Å². The van der Waals surface area contributed by atoms with Gasteiger partial charge in [0.05, 0.1) is 11.4 Å². The lowest BCUT2D eigenvalue weighted by atomic mass is 9.78. The van der Waals surface area contributed by atoms with Crippen LogP contribution < -0.4 is 9.62 Å². The molecule has 126 valence electrons. The second kappa shape index (κ2) is 5.68. The average molecular weight is 338 g/mol. The largest absolute Gasteiger partial charge is 0.391 e. The number of nitrogens with zero attached hydrogens (tertiary/aromatic N) is 3. The van der Waals surface area contributed by atoms with Crippen molar-refractivity contribution in [1.82, 2.24) is 14.7 Å². The van der Waals surface area contributed by atoms with Gasteiger partial charge in [-0.2, -0.15) is 0 Å². The minimum atomic E-state index is -3.10. The lowest BCUT2D eigenvalue weighted by molar-refractivity contribution is 0.198. The summed E-state index contributed by atoms with van der Waals surface area (Å²) >= 11 is 0. The first-order valence-electron chi connectivity index (χ1n) is 8.27. The van der Waals surface area contributed by atoms with Crippen LogP contribution in [0.15, 0.2) is 12.4 Å². The fourth-order valence-electron chi connectivity index (χ4n) is 3.37. The monoisotopic (exact) mass is 338 g/mol. The molecule has 0 bridgehead atoms. The first-order valence-corrected chi connectivity index (χ1v) is 9.82. The Hall–Kier alpha value is -1.25. The number of aliphatic hydroxyl groups is 1. The van der Waals surface area contributed by atoms with Crippen LogP contribution in [0, 0.1) is 0 Å². The van der Waals surface area contributed by atoms with Gasteiger partial charge in [-0.05, 0) is 32.1 Å². The normalized spacial score (nSPS) is 31.2. The highest BCUT2D eigenvalue weighted by Crippen LogP contribution is 2.38. The topological polar surface area (TPSA) is 95.4 Å². The molecule has 0 unspecified atom stereocenters. The van der Waals surface area contributed by atoms with Gasteiger partial charge in [0, 0.05) is 36.8 Å². The highest BCUT2D eigenvalue weighted by molar-refractivity contribution is 7.90. The highest BCUT2D eigenvalue weighted by atomic mass is 32.2. The van der Waals surface area contributed by atoms with E-state index in [2.05, 4.69) is 19.6 Å². The first-order chi connectivity index (χ1) is 11.0. The summed E-state index contributed by atoms with van der Waals surface area (Å²) in [6.07, 6.45) is 5.24. The van der Waals surface area contributed by atoms with E-state index in [1.807, 2.05) is 6.07 Å². The van der Waals surface area contributed by atoms with Crippen molar-refractivity contribution in [3.63, 3.8) is 0 Å². The Balaban J connectivity index is 1.37. The Morgan fingerprint density at radius 2 is 2.00 bits per heavy atom. The molecule has 3 aliphatic rings. The van der Waals surface area contributed by atoms with Crippen molar-refractivity contribution < 1.29 is 13.5 Å². The highest BCUT2D eigenvalue weighted by Gasteiger charge is 2.40. The minimum Gasteiger partial charge on any atom is -0.391 e. The molecule has 2 aliphatic carbocycles. The molecule has 1 atom stereocenters. The van der Waals surface area contributed by atoms with Crippen molar-refractivity contribution in [2.75, 3.05) is 18.0 Å². The molecule has 0 spiro atoms. The van der Waals surface area contributed by atoms with E-state index in [0.29, 0.717) is 6.54 Å². The molecule has 2 saturated carbocycles. The maximum absolute atomic E-state index is 11.9. The van der Waals surface area contributed by atoms with E-state index in [9.17, 15) is 13.5 Å². The average Bonchev–Trinajstić information content (AvgIpc) is 3.26. The predicted molar refractivity (Wildman–Crippen MR) is 85.7 cm³/mol. The molecule has 1 aromatic rings. The van der Waals surface area contributed by atoms with E-state index in [4.69, 9.17) is 0 Å². The van der Waals surface area contributed by atoms with E-state index >= 15 is 0 Å². The molecule has 0 radical (unpaired) electrons. The zero-order valence-electron chi connectivity index (χ0n) is 12.9. The molecule has 4 rings (SSSR count). The summed E-state index contributed by atoms with van der Waals surface area (Å²) in [4.78, 5) is 10.7. The van der Waals surface area contributed by atoms with Crippen LogP contribution in [0.25, 0.3) is 0 Å². The lowest BCUT2D eigenvalue weighted by Gasteiger charge is -2.35. The molecule has 1 aliphatic heterocycles. The van der Waals surface area contributed by atoms with Crippen LogP contribution in [0.3, 0.4) is 0 Å². The third kappa shape index (κ3) is 3.20. The maximum atomic E-state index is 11.9. The Kier molecular flexibility index (Phi) is 3.78. The molecule has 2 N–H and O–H groups in total. The Bertz CT molecular complexity index is 686. The molecule has 7 nitrogen and oxygen atoms in total. The van der Waals surface area contributed by atoms with Crippen LogP contribution in [0.2, 0.25) is 0 Å². The van der Waals surface area contributed by atoms with Gasteiger partial charge in [0.25, 0.3) is 0 Å². The summed E-state index contributed by atoms with van der Waals surface area (Å²) in [5.41, 5.74) is 0.971. The molecule has 3 fully saturated rings. The van der Waals surface area contributed by atoms with E-state index in [0.717, 1.165) is 50.2 Å². The van der Waals surface area contributed by atoms with Gasteiger partial charge in [-0.3, -0.25) is 0 Å². The number of rotatable bonds is 5. The molecule has 0 amide bonds. The van der Waals surface area contributed by atoms with E-state index in [1.54, 1.807) is 6.33 Å². The summed E-state index contributed by atoms with van der Waals surface area (Å²) in [6, 6.07) is 2.02. The molecule has 1 saturated heterocycles. The fraction of sp³-hybridized carbons (Fsp3) is 0.733.